The van der Waals surface area contributed by atoms with Gasteiger partial charge in [-0.05, 0) is 47.0 Å². The molecule has 0 aliphatic rings. The van der Waals surface area contributed by atoms with Crippen LogP contribution in [-0.2, 0) is 9.53 Å². The van der Waals surface area contributed by atoms with Gasteiger partial charge in [-0.25, -0.2) is 4.79 Å². The SMILES string of the molecule is COC(=O)/C=C(\C)c1ccc2cc(OC)ccc2c1. The first kappa shape index (κ1) is 13.1. The molecule has 3 nitrogen and oxygen atoms in total. The normalized spacial score (nSPS) is 11.4. The van der Waals surface area contributed by atoms with Crippen LogP contribution in [0.15, 0.2) is 42.5 Å². The predicted molar refractivity (Wildman–Crippen MR) is 76.2 cm³/mol. The summed E-state index contributed by atoms with van der Waals surface area (Å²) in [5, 5.41) is 2.21. The van der Waals surface area contributed by atoms with E-state index in [9.17, 15) is 4.79 Å². The Morgan fingerprint density at radius 1 is 1.05 bits per heavy atom. The van der Waals surface area contributed by atoms with Gasteiger partial charge in [0.25, 0.3) is 0 Å². The zero-order valence-electron chi connectivity index (χ0n) is 11.3. The first-order valence-electron chi connectivity index (χ1n) is 5.98. The molecule has 2 aromatic rings. The Balaban J connectivity index is 2.42. The molecule has 2 aromatic carbocycles. The Morgan fingerprint density at radius 3 is 2.42 bits per heavy atom. The summed E-state index contributed by atoms with van der Waals surface area (Å²) in [7, 11) is 3.03. The monoisotopic (exact) mass is 256 g/mol. The highest BCUT2D eigenvalue weighted by Gasteiger charge is 2.02. The van der Waals surface area contributed by atoms with E-state index in [2.05, 4.69) is 4.74 Å². The smallest absolute Gasteiger partial charge is 0.330 e. The predicted octanol–water partition coefficient (Wildman–Crippen LogP) is 3.42. The van der Waals surface area contributed by atoms with Crippen LogP contribution >= 0.6 is 0 Å². The van der Waals surface area contributed by atoms with Crippen LogP contribution in [0.25, 0.3) is 16.3 Å². The number of carbonyl (C=O) groups excluding carboxylic acids is 1. The second kappa shape index (κ2) is 5.57. The van der Waals surface area contributed by atoms with Gasteiger partial charge in [-0.2, -0.15) is 0 Å². The molecular weight excluding hydrogens is 240 g/mol. The van der Waals surface area contributed by atoms with Gasteiger partial charge in [0.15, 0.2) is 0 Å². The van der Waals surface area contributed by atoms with Crippen molar-refractivity contribution in [2.75, 3.05) is 14.2 Å². The van der Waals surface area contributed by atoms with Crippen LogP contribution in [0, 0.1) is 0 Å². The van der Waals surface area contributed by atoms with Crippen molar-refractivity contribution in [3.63, 3.8) is 0 Å². The van der Waals surface area contributed by atoms with Gasteiger partial charge in [0.1, 0.15) is 5.75 Å². The molecule has 0 amide bonds. The molecule has 0 N–H and O–H groups in total. The maximum absolute atomic E-state index is 11.2. The molecule has 0 heterocycles. The van der Waals surface area contributed by atoms with Crippen molar-refractivity contribution < 1.29 is 14.3 Å². The van der Waals surface area contributed by atoms with Crippen LogP contribution in [0.3, 0.4) is 0 Å². The second-order valence-corrected chi connectivity index (χ2v) is 4.28. The number of carbonyl (C=O) groups is 1. The van der Waals surface area contributed by atoms with E-state index in [1.807, 2.05) is 43.3 Å². The fourth-order valence-corrected chi connectivity index (χ4v) is 1.92. The number of rotatable bonds is 3. The Kier molecular flexibility index (Phi) is 3.85. The third kappa shape index (κ3) is 2.94. The molecule has 0 fully saturated rings. The average Bonchev–Trinajstić information content (AvgIpc) is 2.45. The molecule has 0 atom stereocenters. The fourth-order valence-electron chi connectivity index (χ4n) is 1.92. The Morgan fingerprint density at radius 2 is 1.74 bits per heavy atom. The molecule has 0 unspecified atom stereocenters. The minimum atomic E-state index is -0.340. The molecule has 0 spiro atoms. The number of allylic oxidation sites excluding steroid dienone is 1. The van der Waals surface area contributed by atoms with Gasteiger partial charge < -0.3 is 9.47 Å². The van der Waals surface area contributed by atoms with E-state index in [1.165, 1.54) is 13.2 Å². The highest BCUT2D eigenvalue weighted by atomic mass is 16.5. The molecule has 2 rings (SSSR count). The summed E-state index contributed by atoms with van der Waals surface area (Å²) in [4.78, 5) is 11.2. The number of fused-ring (bicyclic) bond motifs is 1. The lowest BCUT2D eigenvalue weighted by atomic mass is 10.0. The van der Waals surface area contributed by atoms with Gasteiger partial charge in [-0.1, -0.05) is 18.2 Å². The van der Waals surface area contributed by atoms with Crippen LogP contribution in [0.2, 0.25) is 0 Å². The summed E-state index contributed by atoms with van der Waals surface area (Å²) < 4.78 is 9.82. The summed E-state index contributed by atoms with van der Waals surface area (Å²) >= 11 is 0. The van der Waals surface area contributed by atoms with Crippen molar-refractivity contribution in [3.8, 4) is 5.75 Å². The summed E-state index contributed by atoms with van der Waals surface area (Å²) in [6.07, 6.45) is 1.49. The fraction of sp³-hybridized carbons (Fsp3) is 0.188. The Hall–Kier alpha value is -2.29. The van der Waals surface area contributed by atoms with E-state index in [-0.39, 0.29) is 5.97 Å². The van der Waals surface area contributed by atoms with Crippen molar-refractivity contribution in [1.29, 1.82) is 0 Å². The summed E-state index contributed by atoms with van der Waals surface area (Å²) in [6.45, 7) is 1.89. The zero-order chi connectivity index (χ0) is 13.8. The van der Waals surface area contributed by atoms with Crippen molar-refractivity contribution in [3.05, 3.63) is 48.0 Å². The number of benzene rings is 2. The highest BCUT2D eigenvalue weighted by molar-refractivity contribution is 5.93. The van der Waals surface area contributed by atoms with E-state index in [4.69, 9.17) is 4.74 Å². The number of esters is 1. The second-order valence-electron chi connectivity index (χ2n) is 4.28. The topological polar surface area (TPSA) is 35.5 Å². The van der Waals surface area contributed by atoms with Crippen LogP contribution in [-0.4, -0.2) is 20.2 Å². The lowest BCUT2D eigenvalue weighted by Crippen LogP contribution is -1.95. The van der Waals surface area contributed by atoms with E-state index >= 15 is 0 Å². The van der Waals surface area contributed by atoms with Gasteiger partial charge in [0.2, 0.25) is 0 Å². The van der Waals surface area contributed by atoms with Crippen molar-refractivity contribution in [1.82, 2.24) is 0 Å². The van der Waals surface area contributed by atoms with Gasteiger partial charge in [0, 0.05) is 6.08 Å². The molecule has 0 aromatic heterocycles. The maximum atomic E-state index is 11.2. The molecule has 0 radical (unpaired) electrons. The quantitative estimate of drug-likeness (QED) is 0.623. The van der Waals surface area contributed by atoms with Crippen LogP contribution in [0.1, 0.15) is 12.5 Å². The van der Waals surface area contributed by atoms with E-state index in [0.29, 0.717) is 0 Å². The molecule has 0 bridgehead atoms. The van der Waals surface area contributed by atoms with Crippen molar-refractivity contribution in [2.24, 2.45) is 0 Å². The third-order valence-corrected chi connectivity index (χ3v) is 3.04. The number of hydrogen-bond acceptors (Lipinski definition) is 3. The zero-order valence-corrected chi connectivity index (χ0v) is 11.3. The summed E-state index contributed by atoms with van der Waals surface area (Å²) in [5.41, 5.74) is 1.88. The first-order valence-corrected chi connectivity index (χ1v) is 5.98. The maximum Gasteiger partial charge on any atom is 0.330 e. The Bertz CT molecular complexity index is 641. The minimum absolute atomic E-state index is 0.340. The molecular formula is C16H16O3. The molecule has 0 aliphatic carbocycles. The van der Waals surface area contributed by atoms with Gasteiger partial charge in [-0.3, -0.25) is 0 Å². The molecule has 98 valence electrons. The average molecular weight is 256 g/mol. The van der Waals surface area contributed by atoms with E-state index in [0.717, 1.165) is 27.7 Å². The molecule has 0 saturated heterocycles. The highest BCUT2D eigenvalue weighted by Crippen LogP contribution is 2.24. The van der Waals surface area contributed by atoms with Crippen molar-refractivity contribution >= 4 is 22.3 Å². The van der Waals surface area contributed by atoms with Gasteiger partial charge in [-0.15, -0.1) is 0 Å². The summed E-state index contributed by atoms with van der Waals surface area (Å²) in [6, 6.07) is 12.0. The first-order chi connectivity index (χ1) is 9.13. The molecule has 0 aliphatic heterocycles. The minimum Gasteiger partial charge on any atom is -0.497 e. The lowest BCUT2D eigenvalue weighted by molar-refractivity contribution is -0.134. The van der Waals surface area contributed by atoms with Crippen LogP contribution < -0.4 is 4.74 Å². The number of hydrogen-bond donors (Lipinski definition) is 0. The van der Waals surface area contributed by atoms with Crippen LogP contribution in [0.5, 0.6) is 5.75 Å². The van der Waals surface area contributed by atoms with Gasteiger partial charge in [0.05, 0.1) is 14.2 Å². The van der Waals surface area contributed by atoms with Gasteiger partial charge >= 0.3 is 5.97 Å². The van der Waals surface area contributed by atoms with Crippen molar-refractivity contribution in [2.45, 2.75) is 6.92 Å². The number of methoxy groups -OCH3 is 2. The summed E-state index contributed by atoms with van der Waals surface area (Å²) in [5.74, 6) is 0.495. The van der Waals surface area contributed by atoms with E-state index in [1.54, 1.807) is 7.11 Å². The largest absolute Gasteiger partial charge is 0.497 e. The van der Waals surface area contributed by atoms with E-state index < -0.39 is 0 Å². The molecule has 3 heteroatoms. The number of ether oxygens (including phenoxy) is 2. The lowest BCUT2D eigenvalue weighted by Gasteiger charge is -2.06. The molecule has 19 heavy (non-hydrogen) atoms. The van der Waals surface area contributed by atoms with Crippen LogP contribution in [0.4, 0.5) is 0 Å². The standard InChI is InChI=1S/C16H16O3/c1-11(8-16(17)19-3)12-4-5-14-10-15(18-2)7-6-13(14)9-12/h4-10H,1-3H3/b11-8+. The Labute approximate surface area is 112 Å². The molecule has 0 saturated carbocycles. The third-order valence-electron chi connectivity index (χ3n) is 3.04.